The van der Waals surface area contributed by atoms with E-state index in [1.54, 1.807) is 37.3 Å². The molecule has 1 rings (SSSR count). The van der Waals surface area contributed by atoms with E-state index in [1.165, 1.54) is 0 Å². The van der Waals surface area contributed by atoms with E-state index in [0.29, 0.717) is 5.56 Å². The van der Waals surface area contributed by atoms with Gasteiger partial charge in [0.05, 0.1) is 0 Å². The summed E-state index contributed by atoms with van der Waals surface area (Å²) < 4.78 is 0.853. The summed E-state index contributed by atoms with van der Waals surface area (Å²) in [5, 5.41) is 18.2. The number of halogens is 1. The average Bonchev–Trinajstić information content (AvgIpc) is 2.30. The van der Waals surface area contributed by atoms with E-state index in [1.807, 2.05) is 0 Å². The summed E-state index contributed by atoms with van der Waals surface area (Å²) in [7, 11) is 0. The van der Waals surface area contributed by atoms with E-state index in [-0.39, 0.29) is 17.8 Å². The molecule has 0 amide bonds. The predicted octanol–water partition coefficient (Wildman–Crippen LogP) is 3.38. The van der Waals surface area contributed by atoms with Crippen molar-refractivity contribution in [2.75, 3.05) is 0 Å². The number of hydrogen-bond acceptors (Lipinski definition) is 3. The molecule has 3 nitrogen and oxygen atoms in total. The molecule has 0 radical (unpaired) electrons. The molecule has 82 valence electrons. The van der Waals surface area contributed by atoms with Gasteiger partial charge in [-0.1, -0.05) is 22.9 Å². The van der Waals surface area contributed by atoms with Gasteiger partial charge < -0.3 is 5.11 Å². The Kier molecular flexibility index (Phi) is 4.27. The van der Waals surface area contributed by atoms with Gasteiger partial charge in [-0.2, -0.15) is 5.26 Å². The second-order valence-electron chi connectivity index (χ2n) is 3.12. The second kappa shape index (κ2) is 5.47. The van der Waals surface area contributed by atoms with Gasteiger partial charge in [-0.15, -0.1) is 0 Å². The lowest BCUT2D eigenvalue weighted by molar-refractivity contribution is 0.103. The zero-order valence-corrected chi connectivity index (χ0v) is 10.3. The lowest BCUT2D eigenvalue weighted by atomic mass is 10.0. The molecule has 0 aliphatic heterocycles. The van der Waals surface area contributed by atoms with Crippen molar-refractivity contribution in [3.63, 3.8) is 0 Å². The molecular weight excluding hydrogens is 270 g/mol. The molecular formula is C12H10BrNO2. The molecule has 1 aromatic rings. The van der Waals surface area contributed by atoms with Gasteiger partial charge in [-0.3, -0.25) is 4.79 Å². The maximum absolute atomic E-state index is 11.8. The van der Waals surface area contributed by atoms with Crippen molar-refractivity contribution in [1.29, 1.82) is 5.26 Å². The first-order chi connectivity index (χ1) is 7.60. The fraction of sp³-hybridized carbons (Fsp3) is 0.167. The van der Waals surface area contributed by atoms with Crippen LogP contribution in [0.15, 0.2) is 40.1 Å². The van der Waals surface area contributed by atoms with Crippen LogP contribution >= 0.6 is 15.9 Å². The van der Waals surface area contributed by atoms with Crippen LogP contribution in [-0.2, 0) is 0 Å². The number of carbonyl (C=O) groups is 1. The summed E-state index contributed by atoms with van der Waals surface area (Å²) in [6, 6.07) is 8.37. The van der Waals surface area contributed by atoms with Crippen LogP contribution in [0.4, 0.5) is 0 Å². The number of nitriles is 1. The van der Waals surface area contributed by atoms with Crippen LogP contribution in [0.25, 0.3) is 0 Å². The lowest BCUT2D eigenvalue weighted by Crippen LogP contribution is -2.05. The summed E-state index contributed by atoms with van der Waals surface area (Å²) >= 11 is 3.25. The first-order valence-electron chi connectivity index (χ1n) is 4.72. The van der Waals surface area contributed by atoms with Crippen LogP contribution in [0.3, 0.4) is 0 Å². The molecule has 0 saturated carbocycles. The van der Waals surface area contributed by atoms with Crippen LogP contribution in [0.1, 0.15) is 23.7 Å². The third-order valence-electron chi connectivity index (χ3n) is 2.07. The average molecular weight is 280 g/mol. The molecule has 0 saturated heterocycles. The molecule has 0 aromatic heterocycles. The minimum Gasteiger partial charge on any atom is -0.511 e. The highest BCUT2D eigenvalue weighted by molar-refractivity contribution is 9.10. The van der Waals surface area contributed by atoms with Crippen molar-refractivity contribution in [2.24, 2.45) is 0 Å². The molecule has 0 heterocycles. The number of rotatable bonds is 3. The highest BCUT2D eigenvalue weighted by Crippen LogP contribution is 2.15. The van der Waals surface area contributed by atoms with Gasteiger partial charge in [-0.25, -0.2) is 0 Å². The Labute approximate surface area is 102 Å². The van der Waals surface area contributed by atoms with Gasteiger partial charge in [0.2, 0.25) is 5.78 Å². The Bertz CT molecular complexity index is 469. The van der Waals surface area contributed by atoms with E-state index >= 15 is 0 Å². The van der Waals surface area contributed by atoms with Gasteiger partial charge in [-0.05, 0) is 24.3 Å². The summed E-state index contributed by atoms with van der Waals surface area (Å²) in [4.78, 5) is 11.8. The van der Waals surface area contributed by atoms with Crippen LogP contribution in [0, 0.1) is 11.3 Å². The molecule has 1 N–H and O–H groups in total. The number of nitrogens with zero attached hydrogens (tertiary/aromatic N) is 1. The fourth-order valence-corrected chi connectivity index (χ4v) is 1.43. The first-order valence-corrected chi connectivity index (χ1v) is 5.52. The quantitative estimate of drug-likeness (QED) is 0.399. The monoisotopic (exact) mass is 279 g/mol. The zero-order chi connectivity index (χ0) is 12.1. The van der Waals surface area contributed by atoms with Crippen molar-refractivity contribution in [3.05, 3.63) is 45.6 Å². The minimum absolute atomic E-state index is 0.171. The number of ketones is 1. The van der Waals surface area contributed by atoms with E-state index in [2.05, 4.69) is 15.9 Å². The van der Waals surface area contributed by atoms with Crippen molar-refractivity contribution < 1.29 is 9.90 Å². The van der Waals surface area contributed by atoms with Crippen LogP contribution in [0.2, 0.25) is 0 Å². The van der Waals surface area contributed by atoms with Crippen molar-refractivity contribution >= 4 is 21.7 Å². The molecule has 0 fully saturated rings. The summed E-state index contributed by atoms with van der Waals surface area (Å²) in [6.07, 6.45) is 0.269. The Morgan fingerprint density at radius 3 is 2.44 bits per heavy atom. The maximum Gasteiger partial charge on any atom is 0.206 e. The Morgan fingerprint density at radius 1 is 1.44 bits per heavy atom. The van der Waals surface area contributed by atoms with E-state index in [0.717, 1.165) is 4.47 Å². The molecule has 0 bridgehead atoms. The number of Topliss-reactive ketones (excluding diaryl/α,β-unsaturated/α-hetero) is 1. The van der Waals surface area contributed by atoms with E-state index < -0.39 is 5.78 Å². The molecule has 1 aromatic carbocycles. The topological polar surface area (TPSA) is 61.1 Å². The van der Waals surface area contributed by atoms with Crippen molar-refractivity contribution in [3.8, 4) is 6.07 Å². The third-order valence-corrected chi connectivity index (χ3v) is 2.60. The highest BCUT2D eigenvalue weighted by atomic mass is 79.9. The second-order valence-corrected chi connectivity index (χ2v) is 4.04. The first kappa shape index (κ1) is 12.5. The van der Waals surface area contributed by atoms with E-state index in [4.69, 9.17) is 5.26 Å². The Morgan fingerprint density at radius 2 is 2.00 bits per heavy atom. The van der Waals surface area contributed by atoms with Gasteiger partial charge in [0, 0.05) is 16.5 Å². The molecule has 0 aliphatic carbocycles. The molecule has 4 heteroatoms. The number of aliphatic hydroxyl groups is 1. The van der Waals surface area contributed by atoms with E-state index in [9.17, 15) is 9.90 Å². The standard InChI is InChI=1S/C12H10BrNO2/c1-2-11(15)10(7-14)12(16)8-3-5-9(13)6-4-8/h3-6,15H,2H2,1H3. The lowest BCUT2D eigenvalue weighted by Gasteiger charge is -2.01. The number of allylic oxidation sites excluding steroid dienone is 2. The maximum atomic E-state index is 11.8. The van der Waals surface area contributed by atoms with Crippen molar-refractivity contribution in [1.82, 2.24) is 0 Å². The van der Waals surface area contributed by atoms with Crippen molar-refractivity contribution in [2.45, 2.75) is 13.3 Å². The van der Waals surface area contributed by atoms with Crippen LogP contribution in [-0.4, -0.2) is 10.9 Å². The van der Waals surface area contributed by atoms with Gasteiger partial charge in [0.1, 0.15) is 17.4 Å². The molecule has 16 heavy (non-hydrogen) atoms. The van der Waals surface area contributed by atoms with Gasteiger partial charge in [0.15, 0.2) is 0 Å². The predicted molar refractivity (Wildman–Crippen MR) is 64.0 cm³/mol. The largest absolute Gasteiger partial charge is 0.511 e. The molecule has 0 atom stereocenters. The SMILES string of the molecule is CCC(O)=C(C#N)C(=O)c1ccc(Br)cc1. The van der Waals surface area contributed by atoms with Gasteiger partial charge in [0.25, 0.3) is 0 Å². The smallest absolute Gasteiger partial charge is 0.206 e. The van der Waals surface area contributed by atoms with Crippen LogP contribution < -0.4 is 0 Å². The number of aliphatic hydroxyl groups excluding tert-OH is 1. The highest BCUT2D eigenvalue weighted by Gasteiger charge is 2.15. The summed E-state index contributed by atoms with van der Waals surface area (Å²) in [5.41, 5.74) is 0.199. The third kappa shape index (κ3) is 2.71. The number of hydrogen-bond donors (Lipinski definition) is 1. The summed E-state index contributed by atoms with van der Waals surface area (Å²) in [6.45, 7) is 1.68. The fourth-order valence-electron chi connectivity index (χ4n) is 1.17. The minimum atomic E-state index is -0.450. The molecule has 0 unspecified atom stereocenters. The number of carbonyl (C=O) groups excluding carboxylic acids is 1. The summed E-state index contributed by atoms with van der Waals surface area (Å²) in [5.74, 6) is -0.621. The zero-order valence-electron chi connectivity index (χ0n) is 8.70. The molecule has 0 aliphatic rings. The Hall–Kier alpha value is -1.60. The normalized spacial score (nSPS) is 11.6. The molecule has 0 spiro atoms. The number of benzene rings is 1. The Balaban J connectivity index is 3.12. The van der Waals surface area contributed by atoms with Crippen LogP contribution in [0.5, 0.6) is 0 Å². The van der Waals surface area contributed by atoms with Gasteiger partial charge >= 0.3 is 0 Å².